The minimum atomic E-state index is 0.0310. The van der Waals surface area contributed by atoms with Gasteiger partial charge in [-0.25, -0.2) is 0 Å². The van der Waals surface area contributed by atoms with Crippen LogP contribution in [0, 0.1) is 6.92 Å². The van der Waals surface area contributed by atoms with Gasteiger partial charge in [-0.15, -0.1) is 0 Å². The molecule has 0 aliphatic heterocycles. The summed E-state index contributed by atoms with van der Waals surface area (Å²) in [6.07, 6.45) is 0.344. The maximum absolute atomic E-state index is 10.8. The molecule has 1 rings (SSSR count). The van der Waals surface area contributed by atoms with Crippen molar-refractivity contribution < 1.29 is 9.90 Å². The van der Waals surface area contributed by atoms with E-state index in [4.69, 9.17) is 11.6 Å². The molecule has 1 aromatic carbocycles. The van der Waals surface area contributed by atoms with Crippen molar-refractivity contribution in [2.45, 2.75) is 20.3 Å². The molecular weight excluding hydrogens is 188 g/mol. The summed E-state index contributed by atoms with van der Waals surface area (Å²) in [4.78, 5) is 10.8. The molecule has 13 heavy (non-hydrogen) atoms. The maximum Gasteiger partial charge on any atom is 0.134 e. The summed E-state index contributed by atoms with van der Waals surface area (Å²) in [5.74, 6) is 0.105. The highest BCUT2D eigenvalue weighted by atomic mass is 35.5. The van der Waals surface area contributed by atoms with E-state index in [1.54, 1.807) is 12.1 Å². The van der Waals surface area contributed by atoms with Gasteiger partial charge in [0.25, 0.3) is 0 Å². The summed E-state index contributed by atoms with van der Waals surface area (Å²) >= 11 is 5.69. The molecule has 0 heterocycles. The Morgan fingerprint density at radius 1 is 1.54 bits per heavy atom. The number of hydrogen-bond acceptors (Lipinski definition) is 2. The van der Waals surface area contributed by atoms with Crippen LogP contribution in [0.2, 0.25) is 5.02 Å². The zero-order chi connectivity index (χ0) is 10.0. The molecule has 0 saturated heterocycles. The highest BCUT2D eigenvalue weighted by Gasteiger charge is 2.06. The van der Waals surface area contributed by atoms with Crippen LogP contribution in [0.5, 0.6) is 5.75 Å². The number of carbonyl (C=O) groups excluding carboxylic acids is 1. The van der Waals surface area contributed by atoms with E-state index in [1.165, 1.54) is 6.92 Å². The first kappa shape index (κ1) is 10.1. The Bertz CT molecular complexity index is 345. The molecule has 2 nitrogen and oxygen atoms in total. The number of ketones is 1. The number of Topliss-reactive ketones (excluding diaryl/α,β-unsaturated/α-hetero) is 1. The van der Waals surface area contributed by atoms with Crippen molar-refractivity contribution in [3.05, 3.63) is 28.3 Å². The van der Waals surface area contributed by atoms with E-state index in [0.29, 0.717) is 11.4 Å². The highest BCUT2D eigenvalue weighted by Crippen LogP contribution is 2.26. The predicted octanol–water partition coefficient (Wildman–Crippen LogP) is 2.49. The Morgan fingerprint density at radius 2 is 2.15 bits per heavy atom. The summed E-state index contributed by atoms with van der Waals surface area (Å²) in [5.41, 5.74) is 1.76. The molecule has 0 fully saturated rings. The van der Waals surface area contributed by atoms with Crippen LogP contribution in [-0.4, -0.2) is 10.9 Å². The molecule has 0 bridgehead atoms. The van der Waals surface area contributed by atoms with Crippen molar-refractivity contribution in [3.8, 4) is 5.75 Å². The molecule has 70 valence electrons. The van der Waals surface area contributed by atoms with Crippen molar-refractivity contribution in [2.24, 2.45) is 0 Å². The van der Waals surface area contributed by atoms with Crippen molar-refractivity contribution in [3.63, 3.8) is 0 Å². The van der Waals surface area contributed by atoms with E-state index < -0.39 is 0 Å². The summed E-state index contributed by atoms with van der Waals surface area (Å²) in [6, 6.07) is 3.20. The molecule has 0 unspecified atom stereocenters. The van der Waals surface area contributed by atoms with Crippen LogP contribution in [0.15, 0.2) is 12.1 Å². The molecule has 0 spiro atoms. The predicted molar refractivity (Wildman–Crippen MR) is 52.2 cm³/mol. The van der Waals surface area contributed by atoms with Gasteiger partial charge in [0.1, 0.15) is 11.5 Å². The Kier molecular flexibility index (Phi) is 2.94. The molecule has 0 aliphatic carbocycles. The SMILES string of the molecule is CC(=O)Cc1cc(O)c(Cl)cc1C. The molecule has 1 N–H and O–H groups in total. The number of benzene rings is 1. The van der Waals surface area contributed by atoms with E-state index >= 15 is 0 Å². The first-order valence-electron chi connectivity index (χ1n) is 3.98. The van der Waals surface area contributed by atoms with Gasteiger partial charge in [-0.3, -0.25) is 4.79 Å². The van der Waals surface area contributed by atoms with Gasteiger partial charge < -0.3 is 5.11 Å². The molecule has 0 saturated carbocycles. The van der Waals surface area contributed by atoms with Crippen LogP contribution in [0.1, 0.15) is 18.1 Å². The van der Waals surface area contributed by atoms with E-state index in [2.05, 4.69) is 0 Å². The second-order valence-electron chi connectivity index (χ2n) is 3.11. The van der Waals surface area contributed by atoms with Crippen LogP contribution >= 0.6 is 11.6 Å². The molecule has 1 aromatic rings. The largest absolute Gasteiger partial charge is 0.506 e. The second-order valence-corrected chi connectivity index (χ2v) is 3.52. The Hall–Kier alpha value is -1.02. The molecule has 0 amide bonds. The number of carbonyl (C=O) groups is 1. The number of aryl methyl sites for hydroxylation is 1. The summed E-state index contributed by atoms with van der Waals surface area (Å²) in [5, 5.41) is 9.62. The van der Waals surface area contributed by atoms with Crippen LogP contribution in [-0.2, 0) is 11.2 Å². The summed E-state index contributed by atoms with van der Waals surface area (Å²) in [7, 11) is 0. The highest BCUT2D eigenvalue weighted by molar-refractivity contribution is 6.32. The van der Waals surface area contributed by atoms with Crippen molar-refractivity contribution >= 4 is 17.4 Å². The number of hydrogen-bond donors (Lipinski definition) is 1. The normalized spacial score (nSPS) is 10.1. The number of phenolic OH excluding ortho intramolecular Hbond substituents is 1. The lowest BCUT2D eigenvalue weighted by molar-refractivity contribution is -0.116. The molecule has 3 heteroatoms. The van der Waals surface area contributed by atoms with E-state index in [0.717, 1.165) is 11.1 Å². The minimum Gasteiger partial charge on any atom is -0.506 e. The molecule has 0 aliphatic rings. The van der Waals surface area contributed by atoms with Crippen LogP contribution in [0.4, 0.5) is 0 Å². The van der Waals surface area contributed by atoms with Crippen molar-refractivity contribution in [2.75, 3.05) is 0 Å². The molecule has 0 atom stereocenters. The Morgan fingerprint density at radius 3 is 2.69 bits per heavy atom. The fourth-order valence-electron chi connectivity index (χ4n) is 1.16. The first-order valence-corrected chi connectivity index (χ1v) is 4.36. The third-order valence-electron chi connectivity index (χ3n) is 1.84. The second kappa shape index (κ2) is 3.79. The maximum atomic E-state index is 10.8. The van der Waals surface area contributed by atoms with Crippen LogP contribution < -0.4 is 0 Å². The minimum absolute atomic E-state index is 0.0310. The van der Waals surface area contributed by atoms with Gasteiger partial charge in [0.2, 0.25) is 0 Å². The summed E-state index contributed by atoms with van der Waals surface area (Å²) < 4.78 is 0. The molecular formula is C10H11ClO2. The first-order chi connectivity index (χ1) is 6.00. The van der Waals surface area contributed by atoms with Crippen LogP contribution in [0.25, 0.3) is 0 Å². The van der Waals surface area contributed by atoms with E-state index in [9.17, 15) is 9.90 Å². The van der Waals surface area contributed by atoms with Gasteiger partial charge in [0, 0.05) is 6.42 Å². The fourth-order valence-corrected chi connectivity index (χ4v) is 1.38. The monoisotopic (exact) mass is 198 g/mol. The van der Waals surface area contributed by atoms with Gasteiger partial charge in [0.15, 0.2) is 0 Å². The van der Waals surface area contributed by atoms with Crippen LogP contribution in [0.3, 0.4) is 0 Å². The molecule has 0 aromatic heterocycles. The standard InChI is InChI=1S/C10H11ClO2/c1-6-3-9(11)10(13)5-8(6)4-7(2)12/h3,5,13H,4H2,1-2H3. The average Bonchev–Trinajstić information content (AvgIpc) is 1.99. The zero-order valence-electron chi connectivity index (χ0n) is 7.60. The van der Waals surface area contributed by atoms with Gasteiger partial charge in [-0.2, -0.15) is 0 Å². The Labute approximate surface area is 82.2 Å². The lowest BCUT2D eigenvalue weighted by Gasteiger charge is -2.05. The molecule has 0 radical (unpaired) electrons. The lowest BCUT2D eigenvalue weighted by Crippen LogP contribution is -1.98. The van der Waals surface area contributed by atoms with Gasteiger partial charge in [0.05, 0.1) is 5.02 Å². The van der Waals surface area contributed by atoms with Gasteiger partial charge in [-0.05, 0) is 37.1 Å². The topological polar surface area (TPSA) is 37.3 Å². The zero-order valence-corrected chi connectivity index (χ0v) is 8.35. The van der Waals surface area contributed by atoms with E-state index in [-0.39, 0.29) is 11.5 Å². The third-order valence-corrected chi connectivity index (χ3v) is 2.15. The third kappa shape index (κ3) is 2.46. The lowest BCUT2D eigenvalue weighted by atomic mass is 10.0. The smallest absolute Gasteiger partial charge is 0.134 e. The Balaban J connectivity index is 3.08. The van der Waals surface area contributed by atoms with E-state index in [1.807, 2.05) is 6.92 Å². The quantitative estimate of drug-likeness (QED) is 0.793. The van der Waals surface area contributed by atoms with Gasteiger partial charge in [-0.1, -0.05) is 11.6 Å². The number of aromatic hydroxyl groups is 1. The number of phenols is 1. The summed E-state index contributed by atoms with van der Waals surface area (Å²) in [6.45, 7) is 3.38. The number of rotatable bonds is 2. The van der Waals surface area contributed by atoms with Gasteiger partial charge >= 0.3 is 0 Å². The average molecular weight is 199 g/mol. The van der Waals surface area contributed by atoms with Crippen molar-refractivity contribution in [1.29, 1.82) is 0 Å². The number of halogens is 1. The fraction of sp³-hybridized carbons (Fsp3) is 0.300. The van der Waals surface area contributed by atoms with Crippen molar-refractivity contribution in [1.82, 2.24) is 0 Å².